The van der Waals surface area contributed by atoms with Gasteiger partial charge in [0.1, 0.15) is 0 Å². The molecule has 1 unspecified atom stereocenters. The second kappa shape index (κ2) is 8.16. The first-order valence-electron chi connectivity index (χ1n) is 7.31. The molecule has 2 amide bonds. The number of hydrogen-bond acceptors (Lipinski definition) is 5. The van der Waals surface area contributed by atoms with Crippen LogP contribution >= 0.6 is 0 Å². The Hall–Kier alpha value is -1.38. The first-order valence-corrected chi connectivity index (χ1v) is 7.31. The molecule has 0 radical (unpaired) electrons. The number of carbonyl (C=O) groups excluding carboxylic acids is 1. The molecule has 2 fully saturated rings. The summed E-state index contributed by atoms with van der Waals surface area (Å²) in [5.41, 5.74) is 0. The van der Waals surface area contributed by atoms with Gasteiger partial charge in [-0.2, -0.15) is 0 Å². The van der Waals surface area contributed by atoms with Crippen LogP contribution in [0.15, 0.2) is 0 Å². The SMILES string of the molecule is O=C(O)CCN1CCN(C(=O)NCC2COCCO2)CC1. The fraction of sp³-hybridized carbons (Fsp3) is 0.846. The lowest BCUT2D eigenvalue weighted by Crippen LogP contribution is -2.53. The van der Waals surface area contributed by atoms with Crippen molar-refractivity contribution in [1.82, 2.24) is 15.1 Å². The standard InChI is InChI=1S/C13H23N3O5/c17-12(18)1-2-15-3-5-16(6-4-15)13(19)14-9-11-10-20-7-8-21-11/h11H,1-10H2,(H,14,19)(H,17,18). The molecule has 0 spiro atoms. The molecular formula is C13H23N3O5. The first kappa shape index (κ1) is 16.0. The molecule has 21 heavy (non-hydrogen) atoms. The molecule has 2 saturated heterocycles. The molecule has 0 bridgehead atoms. The van der Waals surface area contributed by atoms with Gasteiger partial charge in [0, 0.05) is 39.3 Å². The Balaban J connectivity index is 1.62. The number of carboxylic acid groups (broad SMARTS) is 1. The van der Waals surface area contributed by atoms with Crippen molar-refractivity contribution >= 4 is 12.0 Å². The Labute approximate surface area is 124 Å². The number of ether oxygens (including phenoxy) is 2. The van der Waals surface area contributed by atoms with Gasteiger partial charge in [-0.3, -0.25) is 9.69 Å². The third-order valence-electron chi connectivity index (χ3n) is 3.67. The number of hydrogen-bond donors (Lipinski definition) is 2. The van der Waals surface area contributed by atoms with Gasteiger partial charge in [0.15, 0.2) is 0 Å². The molecule has 1 atom stereocenters. The third-order valence-corrected chi connectivity index (χ3v) is 3.67. The summed E-state index contributed by atoms with van der Waals surface area (Å²) >= 11 is 0. The van der Waals surface area contributed by atoms with Crippen LogP contribution in [0.1, 0.15) is 6.42 Å². The van der Waals surface area contributed by atoms with E-state index in [0.717, 1.165) is 0 Å². The van der Waals surface area contributed by atoms with E-state index in [0.29, 0.717) is 59.1 Å². The number of carbonyl (C=O) groups is 2. The third kappa shape index (κ3) is 5.49. The van der Waals surface area contributed by atoms with Crippen LogP contribution in [0.3, 0.4) is 0 Å². The Bertz CT molecular complexity index is 352. The van der Waals surface area contributed by atoms with Crippen molar-refractivity contribution in [1.29, 1.82) is 0 Å². The Morgan fingerprint density at radius 1 is 1.19 bits per heavy atom. The highest BCUT2D eigenvalue weighted by atomic mass is 16.6. The highest BCUT2D eigenvalue weighted by molar-refractivity contribution is 5.74. The van der Waals surface area contributed by atoms with E-state index >= 15 is 0 Å². The van der Waals surface area contributed by atoms with Gasteiger partial charge < -0.3 is 24.8 Å². The molecule has 0 aromatic carbocycles. The highest BCUT2D eigenvalue weighted by Crippen LogP contribution is 2.04. The van der Waals surface area contributed by atoms with Gasteiger partial charge >= 0.3 is 12.0 Å². The fourth-order valence-corrected chi connectivity index (χ4v) is 2.40. The van der Waals surface area contributed by atoms with Gasteiger partial charge in [0.05, 0.1) is 32.3 Å². The monoisotopic (exact) mass is 301 g/mol. The molecule has 0 aromatic heterocycles. The summed E-state index contributed by atoms with van der Waals surface area (Å²) in [4.78, 5) is 26.4. The minimum atomic E-state index is -0.787. The van der Waals surface area contributed by atoms with Crippen LogP contribution in [0.5, 0.6) is 0 Å². The van der Waals surface area contributed by atoms with Crippen molar-refractivity contribution in [2.24, 2.45) is 0 Å². The lowest BCUT2D eigenvalue weighted by Gasteiger charge is -2.34. The van der Waals surface area contributed by atoms with Crippen LogP contribution in [-0.4, -0.2) is 92.1 Å². The normalized spacial score (nSPS) is 23.8. The summed E-state index contributed by atoms with van der Waals surface area (Å²) in [6, 6.07) is -0.0953. The second-order valence-electron chi connectivity index (χ2n) is 5.23. The summed E-state index contributed by atoms with van der Waals surface area (Å²) in [5, 5.41) is 11.5. The number of nitrogens with zero attached hydrogens (tertiary/aromatic N) is 2. The number of rotatable bonds is 5. The van der Waals surface area contributed by atoms with Crippen molar-refractivity contribution in [3.63, 3.8) is 0 Å². The summed E-state index contributed by atoms with van der Waals surface area (Å²) in [5.74, 6) is -0.787. The topological polar surface area (TPSA) is 91.3 Å². The quantitative estimate of drug-likeness (QED) is 0.691. The van der Waals surface area contributed by atoms with Crippen LogP contribution in [0.4, 0.5) is 4.79 Å². The lowest BCUT2D eigenvalue weighted by atomic mass is 10.3. The van der Waals surface area contributed by atoms with Crippen molar-refractivity contribution in [2.45, 2.75) is 12.5 Å². The second-order valence-corrected chi connectivity index (χ2v) is 5.23. The summed E-state index contributed by atoms with van der Waals surface area (Å²) in [6.45, 7) is 5.36. The molecule has 2 N–H and O–H groups in total. The van der Waals surface area contributed by atoms with Crippen LogP contribution in [-0.2, 0) is 14.3 Å². The van der Waals surface area contributed by atoms with E-state index in [-0.39, 0.29) is 18.6 Å². The number of urea groups is 1. The van der Waals surface area contributed by atoms with Crippen molar-refractivity contribution in [3.05, 3.63) is 0 Å². The molecule has 2 heterocycles. The fourth-order valence-electron chi connectivity index (χ4n) is 2.40. The van der Waals surface area contributed by atoms with E-state index in [2.05, 4.69) is 10.2 Å². The van der Waals surface area contributed by atoms with E-state index < -0.39 is 5.97 Å². The molecule has 2 aliphatic heterocycles. The first-order chi connectivity index (χ1) is 10.1. The largest absolute Gasteiger partial charge is 0.481 e. The number of aliphatic carboxylic acids is 1. The average molecular weight is 301 g/mol. The molecule has 8 nitrogen and oxygen atoms in total. The predicted octanol–water partition coefficient (Wildman–Crippen LogP) is -0.796. The maximum absolute atomic E-state index is 12.0. The molecule has 0 saturated carbocycles. The minimum Gasteiger partial charge on any atom is -0.481 e. The van der Waals surface area contributed by atoms with Crippen LogP contribution in [0, 0.1) is 0 Å². The highest BCUT2D eigenvalue weighted by Gasteiger charge is 2.22. The van der Waals surface area contributed by atoms with Gasteiger partial charge in [-0.05, 0) is 0 Å². The summed E-state index contributed by atoms with van der Waals surface area (Å²) in [6.07, 6.45) is 0.0742. The zero-order chi connectivity index (χ0) is 15.1. The number of amides is 2. The van der Waals surface area contributed by atoms with Crippen molar-refractivity contribution in [3.8, 4) is 0 Å². The molecule has 0 aromatic rings. The summed E-state index contributed by atoms with van der Waals surface area (Å²) < 4.78 is 10.7. The van der Waals surface area contributed by atoms with Gasteiger partial charge in [-0.15, -0.1) is 0 Å². The molecule has 0 aliphatic carbocycles. The van der Waals surface area contributed by atoms with E-state index in [9.17, 15) is 9.59 Å². The zero-order valence-electron chi connectivity index (χ0n) is 12.1. The Kier molecular flexibility index (Phi) is 6.21. The number of piperazine rings is 1. The molecule has 2 aliphatic rings. The van der Waals surface area contributed by atoms with Crippen molar-refractivity contribution < 1.29 is 24.2 Å². The van der Waals surface area contributed by atoms with E-state index in [1.165, 1.54) is 0 Å². The summed E-state index contributed by atoms with van der Waals surface area (Å²) in [7, 11) is 0. The Morgan fingerprint density at radius 3 is 2.57 bits per heavy atom. The van der Waals surface area contributed by atoms with Gasteiger partial charge in [0.25, 0.3) is 0 Å². The smallest absolute Gasteiger partial charge is 0.317 e. The van der Waals surface area contributed by atoms with Crippen LogP contribution in [0.25, 0.3) is 0 Å². The Morgan fingerprint density at radius 2 is 1.95 bits per heavy atom. The van der Waals surface area contributed by atoms with Gasteiger partial charge in [-0.1, -0.05) is 0 Å². The van der Waals surface area contributed by atoms with Crippen molar-refractivity contribution in [2.75, 3.05) is 59.1 Å². The molecule has 120 valence electrons. The van der Waals surface area contributed by atoms with Gasteiger partial charge in [0.2, 0.25) is 0 Å². The predicted molar refractivity (Wildman–Crippen MR) is 74.2 cm³/mol. The molecule has 2 rings (SSSR count). The molecular weight excluding hydrogens is 278 g/mol. The average Bonchev–Trinajstić information content (AvgIpc) is 2.52. The number of carboxylic acids is 1. The zero-order valence-corrected chi connectivity index (χ0v) is 12.1. The van der Waals surface area contributed by atoms with E-state index in [1.54, 1.807) is 4.90 Å². The van der Waals surface area contributed by atoms with E-state index in [1.807, 2.05) is 0 Å². The maximum atomic E-state index is 12.0. The maximum Gasteiger partial charge on any atom is 0.317 e. The van der Waals surface area contributed by atoms with Gasteiger partial charge in [-0.25, -0.2) is 4.79 Å². The van der Waals surface area contributed by atoms with Crippen LogP contribution in [0.2, 0.25) is 0 Å². The minimum absolute atomic E-state index is 0.0699. The lowest BCUT2D eigenvalue weighted by molar-refractivity contribution is -0.137. The molecule has 8 heteroatoms. The number of nitrogens with one attached hydrogen (secondary N) is 1. The van der Waals surface area contributed by atoms with Crippen LogP contribution < -0.4 is 5.32 Å². The van der Waals surface area contributed by atoms with E-state index in [4.69, 9.17) is 14.6 Å².